The van der Waals surface area contributed by atoms with E-state index in [0.29, 0.717) is 33.7 Å². The maximum atomic E-state index is 11.1. The summed E-state index contributed by atoms with van der Waals surface area (Å²) in [6.45, 7) is 2.38. The first-order chi connectivity index (χ1) is 18.3. The Morgan fingerprint density at radius 1 is 1.16 bits per heavy atom. The zero-order chi connectivity index (χ0) is 26.5. The van der Waals surface area contributed by atoms with Crippen LogP contribution in [0.5, 0.6) is 0 Å². The fraction of sp³-hybridized carbons (Fsp3) is 0.552. The summed E-state index contributed by atoms with van der Waals surface area (Å²) in [5.41, 5.74) is 3.52. The van der Waals surface area contributed by atoms with E-state index in [2.05, 4.69) is 10.1 Å². The largest absolute Gasteiger partial charge is 0.481 e. The highest BCUT2D eigenvalue weighted by Gasteiger charge is 2.49. The van der Waals surface area contributed by atoms with Crippen LogP contribution in [-0.4, -0.2) is 26.8 Å². The molecular formula is C29H32Cl2N2O4S. The zero-order valence-electron chi connectivity index (χ0n) is 21.5. The van der Waals surface area contributed by atoms with Crippen LogP contribution in [0.4, 0.5) is 0 Å². The molecule has 4 saturated carbocycles. The number of ether oxygens (including phenoxy) is 1. The number of aromatic nitrogens is 2. The van der Waals surface area contributed by atoms with Crippen LogP contribution in [0.25, 0.3) is 11.3 Å². The summed E-state index contributed by atoms with van der Waals surface area (Å²) in [7, 11) is 0. The van der Waals surface area contributed by atoms with Crippen LogP contribution in [-0.2, 0) is 29.0 Å². The van der Waals surface area contributed by atoms with Crippen LogP contribution in [0.15, 0.2) is 22.7 Å². The Balaban J connectivity index is 1.12. The molecule has 0 spiro atoms. The van der Waals surface area contributed by atoms with E-state index in [1.165, 1.54) is 0 Å². The van der Waals surface area contributed by atoms with Crippen LogP contribution in [0.2, 0.25) is 10.0 Å². The molecule has 0 amide bonds. The molecule has 38 heavy (non-hydrogen) atoms. The number of rotatable bonds is 10. The SMILES string of the molecule is Cc1nc(CCC23CCC(OCc4c(-c5c(Cl)cccc5Cl)noc4C4CC4)(CC2)CC3)sc1CC(=O)O. The smallest absolute Gasteiger partial charge is 0.308 e. The Morgan fingerprint density at radius 2 is 1.84 bits per heavy atom. The van der Waals surface area contributed by atoms with E-state index in [1.807, 2.05) is 25.1 Å². The molecule has 4 aliphatic rings. The Hall–Kier alpha value is -1.93. The van der Waals surface area contributed by atoms with Gasteiger partial charge in [0.25, 0.3) is 0 Å². The van der Waals surface area contributed by atoms with Crippen molar-refractivity contribution in [1.29, 1.82) is 0 Å². The number of carboxylic acids is 1. The summed E-state index contributed by atoms with van der Waals surface area (Å²) in [6, 6.07) is 5.50. The van der Waals surface area contributed by atoms with Gasteiger partial charge in [-0.3, -0.25) is 4.79 Å². The molecule has 0 saturated heterocycles. The van der Waals surface area contributed by atoms with E-state index >= 15 is 0 Å². The summed E-state index contributed by atoms with van der Waals surface area (Å²) in [6.07, 6.45) is 10.9. The lowest BCUT2D eigenvalue weighted by molar-refractivity contribution is -0.145. The third-order valence-corrected chi connectivity index (χ3v) is 10.8. The molecular weight excluding hydrogens is 543 g/mol. The molecule has 0 atom stereocenters. The van der Waals surface area contributed by atoms with Crippen molar-refractivity contribution in [2.24, 2.45) is 5.41 Å². The molecule has 202 valence electrons. The van der Waals surface area contributed by atoms with E-state index in [-0.39, 0.29) is 12.0 Å². The number of carbonyl (C=O) groups is 1. The topological polar surface area (TPSA) is 85.5 Å². The second kappa shape index (κ2) is 10.2. The number of carboxylic acid groups (broad SMARTS) is 1. The minimum absolute atomic E-state index is 0.0630. The Kier molecular flexibility index (Phi) is 7.08. The van der Waals surface area contributed by atoms with Crippen LogP contribution in [0, 0.1) is 12.3 Å². The number of aliphatic carboxylic acids is 1. The third-order valence-electron chi connectivity index (χ3n) is 8.94. The van der Waals surface area contributed by atoms with Gasteiger partial charge in [-0.1, -0.05) is 34.4 Å². The van der Waals surface area contributed by atoms with Gasteiger partial charge < -0.3 is 14.4 Å². The number of fused-ring (bicyclic) bond motifs is 3. The van der Waals surface area contributed by atoms with Crippen molar-refractivity contribution >= 4 is 40.5 Å². The average Bonchev–Trinajstić information content (AvgIpc) is 3.57. The van der Waals surface area contributed by atoms with Gasteiger partial charge in [0.05, 0.1) is 39.4 Å². The predicted octanol–water partition coefficient (Wildman–Crippen LogP) is 8.16. The second-order valence-corrected chi connectivity index (χ2v) is 13.4. The van der Waals surface area contributed by atoms with Crippen molar-refractivity contribution in [3.63, 3.8) is 0 Å². The molecule has 1 aromatic carbocycles. The molecule has 0 unspecified atom stereocenters. The third kappa shape index (κ3) is 5.15. The highest BCUT2D eigenvalue weighted by Crippen LogP contribution is 2.56. The van der Waals surface area contributed by atoms with Gasteiger partial charge in [0.2, 0.25) is 0 Å². The molecule has 2 aromatic heterocycles. The van der Waals surface area contributed by atoms with E-state index < -0.39 is 5.97 Å². The summed E-state index contributed by atoms with van der Waals surface area (Å²) in [5.74, 6) is 0.536. The van der Waals surface area contributed by atoms with Gasteiger partial charge in [-0.2, -0.15) is 0 Å². The molecule has 9 heteroatoms. The van der Waals surface area contributed by atoms with Gasteiger partial charge in [-0.25, -0.2) is 4.98 Å². The maximum Gasteiger partial charge on any atom is 0.308 e. The predicted molar refractivity (Wildman–Crippen MR) is 148 cm³/mol. The van der Waals surface area contributed by atoms with Gasteiger partial charge >= 0.3 is 5.97 Å². The van der Waals surface area contributed by atoms with Crippen molar-refractivity contribution in [2.75, 3.05) is 0 Å². The number of thiazole rings is 1. The molecule has 0 aliphatic heterocycles. The number of aryl methyl sites for hydroxylation is 2. The molecule has 1 N–H and O–H groups in total. The molecule has 4 fully saturated rings. The van der Waals surface area contributed by atoms with Gasteiger partial charge in [0.1, 0.15) is 11.5 Å². The first-order valence-corrected chi connectivity index (χ1v) is 15.1. The summed E-state index contributed by atoms with van der Waals surface area (Å²) in [4.78, 5) is 16.7. The molecule has 3 aromatic rings. The fourth-order valence-electron chi connectivity index (χ4n) is 6.36. The molecule has 7 rings (SSSR count). The highest BCUT2D eigenvalue weighted by molar-refractivity contribution is 7.11. The van der Waals surface area contributed by atoms with Gasteiger partial charge in [0, 0.05) is 21.9 Å². The monoisotopic (exact) mass is 574 g/mol. The molecule has 2 heterocycles. The van der Waals surface area contributed by atoms with Crippen LogP contribution in [0.1, 0.15) is 90.6 Å². The quantitative estimate of drug-likeness (QED) is 0.263. The second-order valence-electron chi connectivity index (χ2n) is 11.4. The first-order valence-electron chi connectivity index (χ1n) is 13.5. The molecule has 4 aliphatic carbocycles. The van der Waals surface area contributed by atoms with Crippen LogP contribution in [0.3, 0.4) is 0 Å². The Bertz CT molecular complexity index is 1320. The standard InChI is InChI=1S/C29H32Cl2N2O4S/c1-17-22(15-24(34)35)38-23(32-17)7-8-28-9-12-29(13-10-28,14-11-28)36-16-19-26(33-37-27(19)18-5-6-18)25-20(30)3-2-4-21(25)31/h2-4,18H,5-16H2,1H3,(H,34,35). The molecule has 6 nitrogen and oxygen atoms in total. The van der Waals surface area contributed by atoms with Crippen molar-refractivity contribution < 1.29 is 19.2 Å². The van der Waals surface area contributed by atoms with Gasteiger partial charge in [0.15, 0.2) is 0 Å². The maximum absolute atomic E-state index is 11.1. The number of hydrogen-bond donors (Lipinski definition) is 1. The number of halogens is 2. The van der Waals surface area contributed by atoms with Gasteiger partial charge in [-0.15, -0.1) is 11.3 Å². The fourth-order valence-corrected chi connectivity index (χ4v) is 8.00. The van der Waals surface area contributed by atoms with E-state index in [9.17, 15) is 4.79 Å². The Morgan fingerprint density at radius 3 is 2.47 bits per heavy atom. The summed E-state index contributed by atoms with van der Waals surface area (Å²) >= 11 is 14.6. The van der Waals surface area contributed by atoms with E-state index in [0.717, 1.165) is 96.7 Å². The summed E-state index contributed by atoms with van der Waals surface area (Å²) < 4.78 is 12.6. The van der Waals surface area contributed by atoms with Gasteiger partial charge in [-0.05, 0) is 88.7 Å². The van der Waals surface area contributed by atoms with Crippen molar-refractivity contribution in [3.05, 3.63) is 55.1 Å². The summed E-state index contributed by atoms with van der Waals surface area (Å²) in [5, 5.41) is 15.8. The van der Waals surface area contributed by atoms with Crippen molar-refractivity contribution in [3.8, 4) is 11.3 Å². The van der Waals surface area contributed by atoms with Crippen molar-refractivity contribution in [2.45, 2.75) is 95.7 Å². The Labute approximate surface area is 236 Å². The van der Waals surface area contributed by atoms with Crippen molar-refractivity contribution in [1.82, 2.24) is 10.1 Å². The highest BCUT2D eigenvalue weighted by atomic mass is 35.5. The van der Waals surface area contributed by atoms with Crippen LogP contribution >= 0.6 is 34.5 Å². The molecule has 0 radical (unpaired) electrons. The zero-order valence-corrected chi connectivity index (χ0v) is 23.9. The normalized spacial score (nSPS) is 24.7. The number of hydrogen-bond acceptors (Lipinski definition) is 6. The minimum atomic E-state index is -0.796. The van der Waals surface area contributed by atoms with E-state index in [4.69, 9.17) is 37.6 Å². The molecule has 2 bridgehead atoms. The van der Waals surface area contributed by atoms with E-state index in [1.54, 1.807) is 11.3 Å². The lowest BCUT2D eigenvalue weighted by atomic mass is 9.57. The number of nitrogens with zero attached hydrogens (tertiary/aromatic N) is 2. The van der Waals surface area contributed by atoms with Crippen LogP contribution < -0.4 is 0 Å². The minimum Gasteiger partial charge on any atom is -0.481 e. The average molecular weight is 576 g/mol. The first kappa shape index (κ1) is 26.3. The lowest BCUT2D eigenvalue weighted by Crippen LogP contribution is -2.47. The number of benzene rings is 1. The lowest BCUT2D eigenvalue weighted by Gasteiger charge is -2.53.